The van der Waals surface area contributed by atoms with Gasteiger partial charge in [0.25, 0.3) is 0 Å². The lowest BCUT2D eigenvalue weighted by molar-refractivity contribution is -0.120. The average molecular weight is 374 g/mol. The normalized spacial score (nSPS) is 15.2. The molecule has 1 aromatic carbocycles. The standard InChI is InChI=1S/C20H26N2O5/c1-13-15-4-5-17(23)14(2)19(15)27-20(25)16(13)12-18(24)21-6-3-7-22-8-10-26-11-9-22/h4-5,23H,3,6-12H2,1-2H3,(H,21,24). The van der Waals surface area contributed by atoms with E-state index in [2.05, 4.69) is 10.2 Å². The van der Waals surface area contributed by atoms with Gasteiger partial charge in [-0.1, -0.05) is 0 Å². The highest BCUT2D eigenvalue weighted by molar-refractivity contribution is 5.87. The predicted octanol–water partition coefficient (Wildman–Crippen LogP) is 1.50. The number of hydrogen-bond acceptors (Lipinski definition) is 6. The van der Waals surface area contributed by atoms with Gasteiger partial charge < -0.3 is 19.6 Å². The summed E-state index contributed by atoms with van der Waals surface area (Å²) in [7, 11) is 0. The molecule has 2 N–H and O–H groups in total. The molecular weight excluding hydrogens is 348 g/mol. The first-order valence-electron chi connectivity index (χ1n) is 9.29. The lowest BCUT2D eigenvalue weighted by atomic mass is 10.0. The molecule has 2 heterocycles. The maximum Gasteiger partial charge on any atom is 0.340 e. The Labute approximate surface area is 157 Å². The fraction of sp³-hybridized carbons (Fsp3) is 0.500. The smallest absolute Gasteiger partial charge is 0.340 e. The summed E-state index contributed by atoms with van der Waals surface area (Å²) in [5, 5.41) is 13.4. The van der Waals surface area contributed by atoms with Gasteiger partial charge in [-0.2, -0.15) is 0 Å². The van der Waals surface area contributed by atoms with Crippen LogP contribution in [0.1, 0.15) is 23.1 Å². The summed E-state index contributed by atoms with van der Waals surface area (Å²) >= 11 is 0. The molecule has 3 rings (SSSR count). The number of aryl methyl sites for hydroxylation is 2. The molecule has 1 amide bonds. The van der Waals surface area contributed by atoms with Gasteiger partial charge in [0.2, 0.25) is 5.91 Å². The first-order chi connectivity index (χ1) is 13.0. The summed E-state index contributed by atoms with van der Waals surface area (Å²) in [5.41, 5.74) is 1.43. The molecule has 0 saturated carbocycles. The number of aromatic hydroxyl groups is 1. The van der Waals surface area contributed by atoms with Crippen molar-refractivity contribution < 1.29 is 19.1 Å². The lowest BCUT2D eigenvalue weighted by Gasteiger charge is -2.26. The minimum Gasteiger partial charge on any atom is -0.508 e. The lowest BCUT2D eigenvalue weighted by Crippen LogP contribution is -2.38. The van der Waals surface area contributed by atoms with Crippen LogP contribution in [0.5, 0.6) is 5.75 Å². The summed E-state index contributed by atoms with van der Waals surface area (Å²) in [6.45, 7) is 8.38. The van der Waals surface area contributed by atoms with Crippen molar-refractivity contribution in [2.75, 3.05) is 39.4 Å². The molecule has 2 aromatic rings. The van der Waals surface area contributed by atoms with Crippen molar-refractivity contribution in [2.45, 2.75) is 26.7 Å². The van der Waals surface area contributed by atoms with Crippen LogP contribution < -0.4 is 10.9 Å². The van der Waals surface area contributed by atoms with E-state index in [0.29, 0.717) is 28.8 Å². The average Bonchev–Trinajstić information content (AvgIpc) is 2.66. The van der Waals surface area contributed by atoms with Gasteiger partial charge in [-0.05, 0) is 44.5 Å². The van der Waals surface area contributed by atoms with E-state index in [0.717, 1.165) is 44.7 Å². The van der Waals surface area contributed by atoms with Crippen LogP contribution in [0, 0.1) is 13.8 Å². The highest BCUT2D eigenvalue weighted by Gasteiger charge is 2.17. The quantitative estimate of drug-likeness (QED) is 0.588. The number of ether oxygens (including phenoxy) is 1. The molecule has 7 heteroatoms. The number of benzene rings is 1. The zero-order valence-corrected chi connectivity index (χ0v) is 15.8. The van der Waals surface area contributed by atoms with Gasteiger partial charge in [0.1, 0.15) is 11.3 Å². The van der Waals surface area contributed by atoms with Crippen LogP contribution in [0.25, 0.3) is 11.0 Å². The Hall–Kier alpha value is -2.38. The van der Waals surface area contributed by atoms with Crippen LogP contribution in [-0.2, 0) is 16.0 Å². The molecule has 0 spiro atoms. The summed E-state index contributed by atoms with van der Waals surface area (Å²) in [6.07, 6.45) is 0.844. The summed E-state index contributed by atoms with van der Waals surface area (Å²) in [4.78, 5) is 26.9. The number of carbonyl (C=O) groups is 1. The number of morpholine rings is 1. The number of amides is 1. The number of rotatable bonds is 6. The second-order valence-corrected chi connectivity index (χ2v) is 6.91. The van der Waals surface area contributed by atoms with Crippen LogP contribution in [0.2, 0.25) is 0 Å². The van der Waals surface area contributed by atoms with Crippen molar-refractivity contribution in [3.63, 3.8) is 0 Å². The monoisotopic (exact) mass is 374 g/mol. The van der Waals surface area contributed by atoms with Gasteiger partial charge >= 0.3 is 5.63 Å². The fourth-order valence-corrected chi connectivity index (χ4v) is 3.36. The van der Waals surface area contributed by atoms with Crippen LogP contribution in [0.15, 0.2) is 21.3 Å². The molecule has 0 aliphatic carbocycles. The number of phenols is 1. The molecule has 0 unspecified atom stereocenters. The Bertz CT molecular complexity index is 884. The number of nitrogens with one attached hydrogen (secondary N) is 1. The molecule has 1 aromatic heterocycles. The van der Waals surface area contributed by atoms with E-state index >= 15 is 0 Å². The number of phenolic OH excluding ortho intramolecular Hbond substituents is 1. The Kier molecular flexibility index (Phi) is 6.13. The Morgan fingerprint density at radius 3 is 2.70 bits per heavy atom. The van der Waals surface area contributed by atoms with E-state index in [1.165, 1.54) is 0 Å². The zero-order valence-electron chi connectivity index (χ0n) is 15.8. The van der Waals surface area contributed by atoms with Crippen molar-refractivity contribution in [1.82, 2.24) is 10.2 Å². The second-order valence-electron chi connectivity index (χ2n) is 6.91. The van der Waals surface area contributed by atoms with Crippen molar-refractivity contribution in [1.29, 1.82) is 0 Å². The SMILES string of the molecule is Cc1c(CC(=O)NCCCN2CCOCC2)c(=O)oc2c(C)c(O)ccc12. The third-order valence-corrected chi connectivity index (χ3v) is 5.09. The van der Waals surface area contributed by atoms with Gasteiger partial charge in [0, 0.05) is 30.6 Å². The van der Waals surface area contributed by atoms with Gasteiger partial charge in [-0.25, -0.2) is 4.79 Å². The van der Waals surface area contributed by atoms with Crippen LogP contribution in [0.4, 0.5) is 0 Å². The van der Waals surface area contributed by atoms with Crippen LogP contribution in [-0.4, -0.2) is 55.3 Å². The minimum absolute atomic E-state index is 0.0123. The second kappa shape index (κ2) is 8.54. The number of hydrogen-bond donors (Lipinski definition) is 2. The van der Waals surface area contributed by atoms with Gasteiger partial charge in [0.15, 0.2) is 0 Å². The van der Waals surface area contributed by atoms with E-state index in [1.54, 1.807) is 26.0 Å². The van der Waals surface area contributed by atoms with Gasteiger partial charge in [0.05, 0.1) is 25.2 Å². The van der Waals surface area contributed by atoms with E-state index in [-0.39, 0.29) is 18.1 Å². The minimum atomic E-state index is -0.530. The van der Waals surface area contributed by atoms with Crippen LogP contribution >= 0.6 is 0 Å². The van der Waals surface area contributed by atoms with Crippen molar-refractivity contribution in [2.24, 2.45) is 0 Å². The zero-order chi connectivity index (χ0) is 19.4. The largest absolute Gasteiger partial charge is 0.508 e. The molecule has 0 radical (unpaired) electrons. The summed E-state index contributed by atoms with van der Waals surface area (Å²) in [6, 6.07) is 3.28. The molecule has 1 fully saturated rings. The van der Waals surface area contributed by atoms with E-state index < -0.39 is 5.63 Å². The molecule has 7 nitrogen and oxygen atoms in total. The molecule has 0 bridgehead atoms. The Balaban J connectivity index is 1.61. The van der Waals surface area contributed by atoms with Gasteiger partial charge in [-0.3, -0.25) is 9.69 Å². The first-order valence-corrected chi connectivity index (χ1v) is 9.29. The molecule has 1 aliphatic heterocycles. The maximum atomic E-state index is 12.3. The van der Waals surface area contributed by atoms with Crippen molar-refractivity contribution >= 4 is 16.9 Å². The molecule has 1 saturated heterocycles. The molecule has 0 atom stereocenters. The molecule has 146 valence electrons. The van der Waals surface area contributed by atoms with E-state index in [4.69, 9.17) is 9.15 Å². The maximum absolute atomic E-state index is 12.3. The van der Waals surface area contributed by atoms with E-state index in [1.807, 2.05) is 0 Å². The van der Waals surface area contributed by atoms with Gasteiger partial charge in [-0.15, -0.1) is 0 Å². The number of carbonyl (C=O) groups excluding carboxylic acids is 1. The third kappa shape index (κ3) is 4.48. The molecular formula is C20H26N2O5. The Morgan fingerprint density at radius 1 is 1.22 bits per heavy atom. The fourth-order valence-electron chi connectivity index (χ4n) is 3.36. The highest BCUT2D eigenvalue weighted by Crippen LogP contribution is 2.28. The topological polar surface area (TPSA) is 92.0 Å². The molecule has 27 heavy (non-hydrogen) atoms. The first kappa shape index (κ1) is 19.4. The number of nitrogens with zero attached hydrogens (tertiary/aromatic N) is 1. The summed E-state index contributed by atoms with van der Waals surface area (Å²) < 4.78 is 10.7. The predicted molar refractivity (Wildman–Crippen MR) is 102 cm³/mol. The summed E-state index contributed by atoms with van der Waals surface area (Å²) in [5.74, 6) is -0.113. The van der Waals surface area contributed by atoms with E-state index in [9.17, 15) is 14.7 Å². The number of fused-ring (bicyclic) bond motifs is 1. The third-order valence-electron chi connectivity index (χ3n) is 5.09. The van der Waals surface area contributed by atoms with Crippen molar-refractivity contribution in [3.05, 3.63) is 39.2 Å². The van der Waals surface area contributed by atoms with Crippen LogP contribution in [0.3, 0.4) is 0 Å². The Morgan fingerprint density at radius 2 is 1.96 bits per heavy atom. The highest BCUT2D eigenvalue weighted by atomic mass is 16.5. The molecule has 1 aliphatic rings. The van der Waals surface area contributed by atoms with Crippen molar-refractivity contribution in [3.8, 4) is 5.75 Å².